The molecule has 0 saturated heterocycles. The summed E-state index contributed by atoms with van der Waals surface area (Å²) in [5.41, 5.74) is 1.01. The predicted octanol–water partition coefficient (Wildman–Crippen LogP) is 3.17. The number of nitrogens with zero attached hydrogens (tertiary/aromatic N) is 2. The van der Waals surface area contributed by atoms with E-state index in [0.717, 1.165) is 11.5 Å². The standard InChI is InChI=1S/C12H21N3/c1-4-5-6-7-10(2)15-12-8-11(3)13-9-14-12/h8-10H,4-7H2,1-3H3,(H,13,14,15). The van der Waals surface area contributed by atoms with Crippen LogP contribution in [0.25, 0.3) is 0 Å². The van der Waals surface area contributed by atoms with Crippen LogP contribution in [0.2, 0.25) is 0 Å². The highest BCUT2D eigenvalue weighted by molar-refractivity contribution is 5.35. The van der Waals surface area contributed by atoms with Gasteiger partial charge >= 0.3 is 0 Å². The molecule has 1 rings (SSSR count). The summed E-state index contributed by atoms with van der Waals surface area (Å²) < 4.78 is 0. The molecule has 3 nitrogen and oxygen atoms in total. The van der Waals surface area contributed by atoms with Gasteiger partial charge in [-0.2, -0.15) is 0 Å². The number of nitrogens with one attached hydrogen (secondary N) is 1. The van der Waals surface area contributed by atoms with Crippen LogP contribution >= 0.6 is 0 Å². The van der Waals surface area contributed by atoms with Crippen molar-refractivity contribution >= 4 is 5.82 Å². The van der Waals surface area contributed by atoms with Crippen molar-refractivity contribution in [2.75, 3.05) is 5.32 Å². The molecule has 3 heteroatoms. The van der Waals surface area contributed by atoms with Crippen molar-refractivity contribution in [1.29, 1.82) is 0 Å². The topological polar surface area (TPSA) is 37.8 Å². The molecule has 1 aromatic heterocycles. The van der Waals surface area contributed by atoms with Gasteiger partial charge in [-0.25, -0.2) is 9.97 Å². The molecule has 1 atom stereocenters. The SMILES string of the molecule is CCCCCC(C)Nc1cc(C)ncn1. The third-order valence-electron chi connectivity index (χ3n) is 2.44. The number of aryl methyl sites for hydroxylation is 1. The van der Waals surface area contributed by atoms with E-state index in [9.17, 15) is 0 Å². The number of aromatic nitrogens is 2. The summed E-state index contributed by atoms with van der Waals surface area (Å²) in [4.78, 5) is 8.26. The van der Waals surface area contributed by atoms with E-state index in [2.05, 4.69) is 29.1 Å². The molecular weight excluding hydrogens is 186 g/mol. The van der Waals surface area contributed by atoms with E-state index in [-0.39, 0.29) is 0 Å². The molecule has 15 heavy (non-hydrogen) atoms. The van der Waals surface area contributed by atoms with Crippen LogP contribution in [0.5, 0.6) is 0 Å². The zero-order valence-corrected chi connectivity index (χ0v) is 9.95. The zero-order valence-electron chi connectivity index (χ0n) is 9.95. The second-order valence-electron chi connectivity index (χ2n) is 4.09. The maximum absolute atomic E-state index is 4.19. The van der Waals surface area contributed by atoms with Gasteiger partial charge in [0, 0.05) is 17.8 Å². The third-order valence-corrected chi connectivity index (χ3v) is 2.44. The summed E-state index contributed by atoms with van der Waals surface area (Å²) in [6.45, 7) is 6.41. The minimum Gasteiger partial charge on any atom is -0.368 e. The smallest absolute Gasteiger partial charge is 0.129 e. The third kappa shape index (κ3) is 4.77. The van der Waals surface area contributed by atoms with E-state index in [1.54, 1.807) is 6.33 Å². The van der Waals surface area contributed by atoms with Gasteiger partial charge in [-0.3, -0.25) is 0 Å². The minimum absolute atomic E-state index is 0.492. The summed E-state index contributed by atoms with van der Waals surface area (Å²) >= 11 is 0. The van der Waals surface area contributed by atoms with Gasteiger partial charge in [-0.05, 0) is 20.3 Å². The molecule has 0 spiro atoms. The molecule has 0 bridgehead atoms. The fourth-order valence-electron chi connectivity index (χ4n) is 1.56. The molecule has 0 aliphatic rings. The Bertz CT molecular complexity index is 286. The highest BCUT2D eigenvalue weighted by atomic mass is 15.0. The lowest BCUT2D eigenvalue weighted by Crippen LogP contribution is -2.15. The van der Waals surface area contributed by atoms with E-state index in [1.807, 2.05) is 13.0 Å². The average molecular weight is 207 g/mol. The highest BCUT2D eigenvalue weighted by Gasteiger charge is 2.02. The molecule has 1 aromatic rings. The Morgan fingerprint density at radius 2 is 2.13 bits per heavy atom. The number of anilines is 1. The second-order valence-corrected chi connectivity index (χ2v) is 4.09. The lowest BCUT2D eigenvalue weighted by Gasteiger charge is -2.14. The van der Waals surface area contributed by atoms with E-state index in [0.29, 0.717) is 6.04 Å². The molecule has 84 valence electrons. The quantitative estimate of drug-likeness (QED) is 0.728. The first-order valence-electron chi connectivity index (χ1n) is 5.77. The number of unbranched alkanes of at least 4 members (excludes halogenated alkanes) is 2. The summed E-state index contributed by atoms with van der Waals surface area (Å²) in [5, 5.41) is 3.39. The van der Waals surface area contributed by atoms with Crippen molar-refractivity contribution in [1.82, 2.24) is 9.97 Å². The molecule has 0 aliphatic carbocycles. The molecule has 0 aromatic carbocycles. The van der Waals surface area contributed by atoms with E-state index >= 15 is 0 Å². The Labute approximate surface area is 92.3 Å². The van der Waals surface area contributed by atoms with Crippen LogP contribution in [0, 0.1) is 6.92 Å². The summed E-state index contributed by atoms with van der Waals surface area (Å²) in [6, 6.07) is 2.47. The van der Waals surface area contributed by atoms with Gasteiger partial charge in [-0.15, -0.1) is 0 Å². The van der Waals surface area contributed by atoms with E-state index < -0.39 is 0 Å². The maximum atomic E-state index is 4.19. The molecule has 0 amide bonds. The monoisotopic (exact) mass is 207 g/mol. The lowest BCUT2D eigenvalue weighted by atomic mass is 10.1. The van der Waals surface area contributed by atoms with Crippen molar-refractivity contribution in [2.45, 2.75) is 52.5 Å². The van der Waals surface area contributed by atoms with Crippen LogP contribution in [0.4, 0.5) is 5.82 Å². The van der Waals surface area contributed by atoms with Gasteiger partial charge in [0.05, 0.1) is 0 Å². The number of hydrogen-bond acceptors (Lipinski definition) is 3. The van der Waals surface area contributed by atoms with Gasteiger partial charge in [0.15, 0.2) is 0 Å². The molecule has 0 aliphatic heterocycles. The normalized spacial score (nSPS) is 12.5. The van der Waals surface area contributed by atoms with E-state index in [4.69, 9.17) is 0 Å². The zero-order chi connectivity index (χ0) is 11.1. The molecular formula is C12H21N3. The first kappa shape index (κ1) is 12.0. The lowest BCUT2D eigenvalue weighted by molar-refractivity contribution is 0.613. The Kier molecular flexibility index (Phi) is 5.08. The summed E-state index contributed by atoms with van der Waals surface area (Å²) in [6.07, 6.45) is 6.69. The molecule has 0 radical (unpaired) electrons. The largest absolute Gasteiger partial charge is 0.368 e. The van der Waals surface area contributed by atoms with Crippen molar-refractivity contribution < 1.29 is 0 Å². The Morgan fingerprint density at radius 1 is 1.33 bits per heavy atom. The van der Waals surface area contributed by atoms with Crippen LogP contribution < -0.4 is 5.32 Å². The molecule has 0 saturated carbocycles. The Morgan fingerprint density at radius 3 is 2.80 bits per heavy atom. The fraction of sp³-hybridized carbons (Fsp3) is 0.667. The molecule has 1 N–H and O–H groups in total. The summed E-state index contributed by atoms with van der Waals surface area (Å²) in [5.74, 6) is 0.937. The number of rotatable bonds is 6. The van der Waals surface area contributed by atoms with Crippen molar-refractivity contribution in [3.05, 3.63) is 18.1 Å². The van der Waals surface area contributed by atoms with Gasteiger partial charge < -0.3 is 5.32 Å². The van der Waals surface area contributed by atoms with Crippen LogP contribution in [0.1, 0.15) is 45.2 Å². The summed E-state index contributed by atoms with van der Waals surface area (Å²) in [7, 11) is 0. The number of hydrogen-bond donors (Lipinski definition) is 1. The van der Waals surface area contributed by atoms with Crippen molar-refractivity contribution in [2.24, 2.45) is 0 Å². The highest BCUT2D eigenvalue weighted by Crippen LogP contribution is 2.09. The maximum Gasteiger partial charge on any atom is 0.129 e. The predicted molar refractivity (Wildman–Crippen MR) is 64.0 cm³/mol. The minimum atomic E-state index is 0.492. The van der Waals surface area contributed by atoms with Gasteiger partial charge in [0.1, 0.15) is 12.1 Å². The molecule has 1 heterocycles. The Hall–Kier alpha value is -1.12. The molecule has 0 fully saturated rings. The second kappa shape index (κ2) is 6.38. The van der Waals surface area contributed by atoms with Crippen molar-refractivity contribution in [3.8, 4) is 0 Å². The first-order valence-corrected chi connectivity index (χ1v) is 5.77. The van der Waals surface area contributed by atoms with Gasteiger partial charge in [0.2, 0.25) is 0 Å². The van der Waals surface area contributed by atoms with Crippen molar-refractivity contribution in [3.63, 3.8) is 0 Å². The fourth-order valence-corrected chi connectivity index (χ4v) is 1.56. The Balaban J connectivity index is 2.34. The van der Waals surface area contributed by atoms with Gasteiger partial charge in [0.25, 0.3) is 0 Å². The average Bonchev–Trinajstić information content (AvgIpc) is 2.18. The first-order chi connectivity index (χ1) is 7.22. The van der Waals surface area contributed by atoms with Crippen LogP contribution in [0.15, 0.2) is 12.4 Å². The van der Waals surface area contributed by atoms with E-state index in [1.165, 1.54) is 25.7 Å². The molecule has 1 unspecified atom stereocenters. The van der Waals surface area contributed by atoms with Crippen LogP contribution in [0.3, 0.4) is 0 Å². The van der Waals surface area contributed by atoms with Crippen LogP contribution in [-0.4, -0.2) is 16.0 Å². The van der Waals surface area contributed by atoms with Crippen LogP contribution in [-0.2, 0) is 0 Å². The van der Waals surface area contributed by atoms with Gasteiger partial charge in [-0.1, -0.05) is 26.2 Å².